The molecule has 0 heterocycles. The number of ether oxygens (including phenoxy) is 2. The minimum atomic E-state index is -0.474. The molecule has 6 heteroatoms. The summed E-state index contributed by atoms with van der Waals surface area (Å²) < 4.78 is 11.8. The van der Waals surface area contributed by atoms with E-state index in [1.165, 1.54) is 25.3 Å². The highest BCUT2D eigenvalue weighted by Gasteiger charge is 2.12. The second-order valence-corrected chi connectivity index (χ2v) is 4.90. The molecule has 0 atom stereocenters. The Balaban J connectivity index is 2.32. The van der Waals surface area contributed by atoms with Gasteiger partial charge in [-0.3, -0.25) is 10.1 Å². The van der Waals surface area contributed by atoms with Crippen LogP contribution < -0.4 is 9.47 Å². The van der Waals surface area contributed by atoms with E-state index in [4.69, 9.17) is 9.47 Å². The number of rotatable bonds is 4. The van der Waals surface area contributed by atoms with Gasteiger partial charge in [-0.2, -0.15) is 0 Å². The fraction of sp³-hybridized carbons (Fsp3) is 0.0769. The molecule has 0 N–H and O–H groups in total. The lowest BCUT2D eigenvalue weighted by atomic mass is 10.2. The van der Waals surface area contributed by atoms with Crippen LogP contribution in [-0.4, -0.2) is 12.0 Å². The molecule has 0 aliphatic carbocycles. The van der Waals surface area contributed by atoms with E-state index in [1.807, 2.05) is 24.3 Å². The molecule has 98 valence electrons. The van der Waals surface area contributed by atoms with Gasteiger partial charge in [-0.15, -0.1) is 0 Å². The summed E-state index contributed by atoms with van der Waals surface area (Å²) in [6.45, 7) is 0. The second kappa shape index (κ2) is 5.87. The first-order valence-corrected chi connectivity index (χ1v) is 6.44. The number of hydrogen-bond donors (Lipinski definition) is 0. The third-order valence-corrected chi connectivity index (χ3v) is 3.05. The fourth-order valence-electron chi connectivity index (χ4n) is 1.51. The van der Waals surface area contributed by atoms with Gasteiger partial charge in [0.1, 0.15) is 5.75 Å². The SMILES string of the molecule is COc1cc([N+](=O)[O-])ccc1Oc1cccc(I)c1. The summed E-state index contributed by atoms with van der Waals surface area (Å²) in [4.78, 5) is 10.2. The molecular formula is C13H10INO4. The van der Waals surface area contributed by atoms with Crippen LogP contribution in [0.2, 0.25) is 0 Å². The molecule has 0 aliphatic rings. The Labute approximate surface area is 123 Å². The highest BCUT2D eigenvalue weighted by molar-refractivity contribution is 14.1. The smallest absolute Gasteiger partial charge is 0.273 e. The highest BCUT2D eigenvalue weighted by Crippen LogP contribution is 2.34. The monoisotopic (exact) mass is 371 g/mol. The summed E-state index contributed by atoms with van der Waals surface area (Å²) in [6, 6.07) is 11.7. The zero-order chi connectivity index (χ0) is 13.8. The standard InChI is InChI=1S/C13H10INO4/c1-18-13-8-10(15(16)17)5-6-12(13)19-11-4-2-3-9(14)7-11/h2-8H,1H3. The number of halogens is 1. The molecule has 0 radical (unpaired) electrons. The largest absolute Gasteiger partial charge is 0.493 e. The minimum Gasteiger partial charge on any atom is -0.493 e. The predicted molar refractivity (Wildman–Crippen MR) is 78.9 cm³/mol. The average Bonchev–Trinajstić information content (AvgIpc) is 2.39. The van der Waals surface area contributed by atoms with Crippen molar-refractivity contribution in [3.8, 4) is 17.2 Å². The maximum absolute atomic E-state index is 10.7. The third-order valence-electron chi connectivity index (χ3n) is 2.38. The number of nitrogens with zero attached hydrogens (tertiary/aromatic N) is 1. The Morgan fingerprint density at radius 1 is 1.16 bits per heavy atom. The quantitative estimate of drug-likeness (QED) is 0.463. The van der Waals surface area contributed by atoms with Crippen molar-refractivity contribution in [2.75, 3.05) is 7.11 Å². The molecule has 0 spiro atoms. The Morgan fingerprint density at radius 3 is 2.58 bits per heavy atom. The molecule has 2 rings (SSSR count). The summed E-state index contributed by atoms with van der Waals surface area (Å²) in [6.07, 6.45) is 0. The minimum absolute atomic E-state index is 0.0353. The highest BCUT2D eigenvalue weighted by atomic mass is 127. The van der Waals surface area contributed by atoms with Gasteiger partial charge >= 0.3 is 0 Å². The molecular weight excluding hydrogens is 361 g/mol. The maximum Gasteiger partial charge on any atom is 0.273 e. The van der Waals surface area contributed by atoms with Crippen LogP contribution in [0.3, 0.4) is 0 Å². The number of non-ortho nitro benzene ring substituents is 1. The molecule has 19 heavy (non-hydrogen) atoms. The van der Waals surface area contributed by atoms with E-state index < -0.39 is 4.92 Å². The predicted octanol–water partition coefficient (Wildman–Crippen LogP) is 4.00. The van der Waals surface area contributed by atoms with Crippen molar-refractivity contribution in [1.82, 2.24) is 0 Å². The van der Waals surface area contributed by atoms with Crippen LogP contribution in [0.15, 0.2) is 42.5 Å². The van der Waals surface area contributed by atoms with Gasteiger partial charge in [0.15, 0.2) is 11.5 Å². The summed E-state index contributed by atoms with van der Waals surface area (Å²) in [5.41, 5.74) is -0.0353. The summed E-state index contributed by atoms with van der Waals surface area (Å²) in [7, 11) is 1.45. The lowest BCUT2D eigenvalue weighted by Gasteiger charge is -2.10. The molecule has 2 aromatic rings. The van der Waals surface area contributed by atoms with Crippen LogP contribution >= 0.6 is 22.6 Å². The third kappa shape index (κ3) is 3.34. The number of hydrogen-bond acceptors (Lipinski definition) is 4. The van der Waals surface area contributed by atoms with Gasteiger partial charge in [-0.1, -0.05) is 6.07 Å². The van der Waals surface area contributed by atoms with Crippen molar-refractivity contribution in [1.29, 1.82) is 0 Å². The molecule has 0 aromatic heterocycles. The van der Waals surface area contributed by atoms with Gasteiger partial charge in [0.2, 0.25) is 0 Å². The van der Waals surface area contributed by atoms with Crippen LogP contribution in [0.25, 0.3) is 0 Å². The summed E-state index contributed by atoms with van der Waals surface area (Å²) in [5, 5.41) is 10.7. The number of nitro groups is 1. The van der Waals surface area contributed by atoms with Crippen molar-refractivity contribution in [3.05, 3.63) is 56.1 Å². The Kier molecular flexibility index (Phi) is 4.20. The summed E-state index contributed by atoms with van der Waals surface area (Å²) >= 11 is 2.18. The molecule has 0 fully saturated rings. The van der Waals surface area contributed by atoms with E-state index in [1.54, 1.807) is 0 Å². The lowest BCUT2D eigenvalue weighted by molar-refractivity contribution is -0.384. The zero-order valence-corrected chi connectivity index (χ0v) is 12.2. The van der Waals surface area contributed by atoms with E-state index >= 15 is 0 Å². The summed E-state index contributed by atoms with van der Waals surface area (Å²) in [5.74, 6) is 1.42. The number of benzene rings is 2. The average molecular weight is 371 g/mol. The van der Waals surface area contributed by atoms with Gasteiger partial charge in [0, 0.05) is 9.64 Å². The van der Waals surface area contributed by atoms with E-state index in [-0.39, 0.29) is 5.69 Å². The van der Waals surface area contributed by atoms with E-state index in [0.29, 0.717) is 17.2 Å². The molecule has 0 saturated carbocycles. The maximum atomic E-state index is 10.7. The van der Waals surface area contributed by atoms with E-state index in [9.17, 15) is 10.1 Å². The van der Waals surface area contributed by atoms with Crippen LogP contribution in [0.1, 0.15) is 0 Å². The van der Waals surface area contributed by atoms with E-state index in [0.717, 1.165) is 3.57 Å². The first-order chi connectivity index (χ1) is 9.10. The van der Waals surface area contributed by atoms with Gasteiger partial charge in [0.25, 0.3) is 5.69 Å². The molecule has 5 nitrogen and oxygen atoms in total. The van der Waals surface area contributed by atoms with Crippen LogP contribution in [0, 0.1) is 13.7 Å². The second-order valence-electron chi connectivity index (χ2n) is 3.65. The Morgan fingerprint density at radius 2 is 1.95 bits per heavy atom. The first kappa shape index (κ1) is 13.6. The van der Waals surface area contributed by atoms with Crippen molar-refractivity contribution in [2.24, 2.45) is 0 Å². The van der Waals surface area contributed by atoms with Crippen molar-refractivity contribution in [3.63, 3.8) is 0 Å². The van der Waals surface area contributed by atoms with Gasteiger partial charge in [0.05, 0.1) is 18.1 Å². The molecule has 0 unspecified atom stereocenters. The molecule has 0 aliphatic heterocycles. The van der Waals surface area contributed by atoms with E-state index in [2.05, 4.69) is 22.6 Å². The van der Waals surface area contributed by atoms with Crippen LogP contribution in [0.5, 0.6) is 17.2 Å². The van der Waals surface area contributed by atoms with Gasteiger partial charge < -0.3 is 9.47 Å². The van der Waals surface area contributed by atoms with Crippen molar-refractivity contribution < 1.29 is 14.4 Å². The first-order valence-electron chi connectivity index (χ1n) is 5.36. The van der Waals surface area contributed by atoms with Crippen LogP contribution in [-0.2, 0) is 0 Å². The molecule has 0 saturated heterocycles. The van der Waals surface area contributed by atoms with Gasteiger partial charge in [-0.25, -0.2) is 0 Å². The van der Waals surface area contributed by atoms with Crippen molar-refractivity contribution in [2.45, 2.75) is 0 Å². The number of nitro benzene ring substituents is 1. The molecule has 0 amide bonds. The fourth-order valence-corrected chi connectivity index (χ4v) is 2.03. The molecule has 0 bridgehead atoms. The zero-order valence-electron chi connectivity index (χ0n) is 10.00. The van der Waals surface area contributed by atoms with Crippen molar-refractivity contribution >= 4 is 28.3 Å². The Hall–Kier alpha value is -1.83. The number of methoxy groups -OCH3 is 1. The normalized spacial score (nSPS) is 10.0. The lowest BCUT2D eigenvalue weighted by Crippen LogP contribution is -1.93. The Bertz CT molecular complexity index is 615. The van der Waals surface area contributed by atoms with Crippen LogP contribution in [0.4, 0.5) is 5.69 Å². The van der Waals surface area contributed by atoms with Gasteiger partial charge in [-0.05, 0) is 46.9 Å². The topological polar surface area (TPSA) is 61.6 Å². The molecule has 2 aromatic carbocycles.